The van der Waals surface area contributed by atoms with Crippen molar-refractivity contribution in [3.8, 4) is 0 Å². The summed E-state index contributed by atoms with van der Waals surface area (Å²) in [6.45, 7) is 6.76. The van der Waals surface area contributed by atoms with Crippen LogP contribution in [-0.2, 0) is 6.42 Å². The summed E-state index contributed by atoms with van der Waals surface area (Å²) in [6, 6.07) is 0. The van der Waals surface area contributed by atoms with E-state index in [4.69, 9.17) is 10.2 Å². The third-order valence-corrected chi connectivity index (χ3v) is 1.76. The second-order valence-corrected chi connectivity index (χ2v) is 3.25. The summed E-state index contributed by atoms with van der Waals surface area (Å²) in [4.78, 5) is 4.27. The van der Waals surface area contributed by atoms with Crippen LogP contribution in [0.4, 0.5) is 0 Å². The lowest BCUT2D eigenvalue weighted by Gasteiger charge is -1.98. The Bertz CT molecular complexity index is 253. The van der Waals surface area contributed by atoms with Crippen molar-refractivity contribution >= 4 is 0 Å². The minimum Gasteiger partial charge on any atom is -0.445 e. The Hall–Kier alpha value is -0.830. The topological polar surface area (TPSA) is 52.0 Å². The van der Waals surface area contributed by atoms with Gasteiger partial charge in [-0.1, -0.05) is 13.8 Å². The summed E-state index contributed by atoms with van der Waals surface area (Å²) in [7, 11) is 0. The van der Waals surface area contributed by atoms with Gasteiger partial charge in [-0.2, -0.15) is 0 Å². The molecule has 0 atom stereocenters. The molecule has 0 aliphatic heterocycles. The van der Waals surface area contributed by atoms with Crippen LogP contribution in [0.2, 0.25) is 0 Å². The first-order valence-electron chi connectivity index (χ1n) is 4.31. The lowest BCUT2D eigenvalue weighted by molar-refractivity contribution is 0.439. The standard InChI is InChI=1S/C9H16N2O/c1-6(2)9-7(3)11-8(12-9)4-5-10/h6H,4-5,10H2,1-3H3. The Kier molecular flexibility index (Phi) is 2.87. The molecule has 1 aromatic heterocycles. The number of rotatable bonds is 3. The number of hydrogen-bond acceptors (Lipinski definition) is 3. The average Bonchev–Trinajstić information content (AvgIpc) is 2.32. The van der Waals surface area contributed by atoms with Crippen molar-refractivity contribution in [3.63, 3.8) is 0 Å². The van der Waals surface area contributed by atoms with Gasteiger partial charge in [0.25, 0.3) is 0 Å². The molecule has 0 aromatic carbocycles. The minimum atomic E-state index is 0.407. The summed E-state index contributed by atoms with van der Waals surface area (Å²) in [5.74, 6) is 2.15. The van der Waals surface area contributed by atoms with Gasteiger partial charge in [-0.15, -0.1) is 0 Å². The van der Waals surface area contributed by atoms with E-state index < -0.39 is 0 Å². The molecule has 3 heteroatoms. The van der Waals surface area contributed by atoms with E-state index in [-0.39, 0.29) is 0 Å². The summed E-state index contributed by atoms with van der Waals surface area (Å²) in [5.41, 5.74) is 6.39. The van der Waals surface area contributed by atoms with Crippen LogP contribution in [0.25, 0.3) is 0 Å². The lowest BCUT2D eigenvalue weighted by Crippen LogP contribution is -2.02. The summed E-state index contributed by atoms with van der Waals surface area (Å²) < 4.78 is 5.53. The van der Waals surface area contributed by atoms with Gasteiger partial charge < -0.3 is 10.2 Å². The fourth-order valence-corrected chi connectivity index (χ4v) is 1.23. The molecule has 1 heterocycles. The van der Waals surface area contributed by atoms with E-state index in [1.807, 2.05) is 6.92 Å². The lowest BCUT2D eigenvalue weighted by atomic mass is 10.1. The SMILES string of the molecule is Cc1nc(CCN)oc1C(C)C. The molecule has 0 bridgehead atoms. The zero-order valence-corrected chi connectivity index (χ0v) is 7.92. The summed E-state index contributed by atoms with van der Waals surface area (Å²) in [5, 5.41) is 0. The first-order valence-corrected chi connectivity index (χ1v) is 4.31. The molecule has 0 fully saturated rings. The normalized spacial score (nSPS) is 11.1. The maximum Gasteiger partial charge on any atom is 0.195 e. The third-order valence-electron chi connectivity index (χ3n) is 1.76. The van der Waals surface area contributed by atoms with Gasteiger partial charge in [0.1, 0.15) is 5.76 Å². The fourth-order valence-electron chi connectivity index (χ4n) is 1.23. The van der Waals surface area contributed by atoms with Gasteiger partial charge in [0, 0.05) is 18.9 Å². The number of aryl methyl sites for hydroxylation is 1. The molecule has 3 nitrogen and oxygen atoms in total. The van der Waals surface area contributed by atoms with Crippen LogP contribution >= 0.6 is 0 Å². The van der Waals surface area contributed by atoms with Crippen molar-refractivity contribution in [3.05, 3.63) is 17.3 Å². The van der Waals surface area contributed by atoms with Crippen molar-refractivity contribution < 1.29 is 4.42 Å². The van der Waals surface area contributed by atoms with Crippen molar-refractivity contribution in [2.75, 3.05) is 6.54 Å². The summed E-state index contributed by atoms with van der Waals surface area (Å²) >= 11 is 0. The molecule has 1 rings (SSSR count). The van der Waals surface area contributed by atoms with E-state index in [1.165, 1.54) is 0 Å². The van der Waals surface area contributed by atoms with Gasteiger partial charge in [0.05, 0.1) is 5.69 Å². The van der Waals surface area contributed by atoms with Crippen LogP contribution in [0.3, 0.4) is 0 Å². The maximum absolute atomic E-state index is 5.53. The largest absolute Gasteiger partial charge is 0.445 e. The zero-order chi connectivity index (χ0) is 9.14. The first kappa shape index (κ1) is 9.26. The molecular formula is C9H16N2O. The predicted molar refractivity (Wildman–Crippen MR) is 48.1 cm³/mol. The number of oxazole rings is 1. The molecule has 1 aromatic rings. The smallest absolute Gasteiger partial charge is 0.195 e. The Morgan fingerprint density at radius 3 is 2.58 bits per heavy atom. The summed E-state index contributed by atoms with van der Waals surface area (Å²) in [6.07, 6.45) is 0.730. The second kappa shape index (κ2) is 3.72. The highest BCUT2D eigenvalue weighted by Gasteiger charge is 2.11. The van der Waals surface area contributed by atoms with E-state index in [0.29, 0.717) is 12.5 Å². The van der Waals surface area contributed by atoms with E-state index in [1.54, 1.807) is 0 Å². The van der Waals surface area contributed by atoms with Crippen molar-refractivity contribution in [1.29, 1.82) is 0 Å². The van der Waals surface area contributed by atoms with Gasteiger partial charge in [0.2, 0.25) is 0 Å². The molecule has 68 valence electrons. The highest BCUT2D eigenvalue weighted by molar-refractivity contribution is 5.11. The Labute approximate surface area is 73.0 Å². The third kappa shape index (κ3) is 1.85. The monoisotopic (exact) mass is 168 g/mol. The molecule has 0 aliphatic rings. The molecule has 0 saturated heterocycles. The molecule has 0 saturated carbocycles. The zero-order valence-electron chi connectivity index (χ0n) is 7.92. The number of nitrogens with zero attached hydrogens (tertiary/aromatic N) is 1. The molecular weight excluding hydrogens is 152 g/mol. The van der Waals surface area contributed by atoms with Crippen LogP contribution < -0.4 is 5.73 Å². The molecule has 2 N–H and O–H groups in total. The molecule has 0 amide bonds. The fraction of sp³-hybridized carbons (Fsp3) is 0.667. The van der Waals surface area contributed by atoms with Gasteiger partial charge in [-0.25, -0.2) is 4.98 Å². The minimum absolute atomic E-state index is 0.407. The molecule has 0 radical (unpaired) electrons. The van der Waals surface area contributed by atoms with Crippen LogP contribution in [0.1, 0.15) is 37.1 Å². The van der Waals surface area contributed by atoms with Gasteiger partial charge >= 0.3 is 0 Å². The Morgan fingerprint density at radius 2 is 2.17 bits per heavy atom. The van der Waals surface area contributed by atoms with Crippen LogP contribution in [-0.4, -0.2) is 11.5 Å². The molecule has 0 spiro atoms. The quantitative estimate of drug-likeness (QED) is 0.746. The number of aromatic nitrogens is 1. The number of hydrogen-bond donors (Lipinski definition) is 1. The number of nitrogens with two attached hydrogens (primary N) is 1. The van der Waals surface area contributed by atoms with Crippen molar-refractivity contribution in [2.24, 2.45) is 5.73 Å². The molecule has 12 heavy (non-hydrogen) atoms. The van der Waals surface area contributed by atoms with Crippen molar-refractivity contribution in [2.45, 2.75) is 33.1 Å². The van der Waals surface area contributed by atoms with Crippen LogP contribution in [0.5, 0.6) is 0 Å². The highest BCUT2D eigenvalue weighted by Crippen LogP contribution is 2.19. The maximum atomic E-state index is 5.53. The van der Waals surface area contributed by atoms with E-state index in [9.17, 15) is 0 Å². The van der Waals surface area contributed by atoms with Crippen LogP contribution in [0.15, 0.2) is 4.42 Å². The second-order valence-electron chi connectivity index (χ2n) is 3.25. The predicted octanol–water partition coefficient (Wildman–Crippen LogP) is 1.61. The Morgan fingerprint density at radius 1 is 1.50 bits per heavy atom. The first-order chi connectivity index (χ1) is 5.65. The Balaban J connectivity index is 2.85. The van der Waals surface area contributed by atoms with Crippen molar-refractivity contribution in [1.82, 2.24) is 4.98 Å². The average molecular weight is 168 g/mol. The highest BCUT2D eigenvalue weighted by atomic mass is 16.4. The van der Waals surface area contributed by atoms with E-state index >= 15 is 0 Å². The van der Waals surface area contributed by atoms with Gasteiger partial charge in [-0.05, 0) is 6.92 Å². The molecule has 0 unspecified atom stereocenters. The van der Waals surface area contributed by atoms with E-state index in [2.05, 4.69) is 18.8 Å². The van der Waals surface area contributed by atoms with Gasteiger partial charge in [-0.3, -0.25) is 0 Å². The van der Waals surface area contributed by atoms with Gasteiger partial charge in [0.15, 0.2) is 5.89 Å². The molecule has 0 aliphatic carbocycles. The van der Waals surface area contributed by atoms with E-state index in [0.717, 1.165) is 23.8 Å². The van der Waals surface area contributed by atoms with Crippen LogP contribution in [0, 0.1) is 6.92 Å².